The molecule has 0 unspecified atom stereocenters. The summed E-state index contributed by atoms with van der Waals surface area (Å²) in [7, 11) is 3.29. The van der Waals surface area contributed by atoms with Crippen LogP contribution in [0, 0.1) is 0 Å². The van der Waals surface area contributed by atoms with Gasteiger partial charge in [0, 0.05) is 0 Å². The van der Waals surface area contributed by atoms with Crippen molar-refractivity contribution in [3.63, 3.8) is 0 Å². The van der Waals surface area contributed by atoms with Crippen LogP contribution in [0.25, 0.3) is 0 Å². The van der Waals surface area contributed by atoms with Crippen LogP contribution in [0.2, 0.25) is 0 Å². The van der Waals surface area contributed by atoms with E-state index in [1.54, 1.807) is 14.2 Å². The summed E-state index contributed by atoms with van der Waals surface area (Å²) in [5, 5.41) is 3.45. The first-order valence-electron chi connectivity index (χ1n) is 7.26. The van der Waals surface area contributed by atoms with E-state index >= 15 is 0 Å². The lowest BCUT2D eigenvalue weighted by atomic mass is 10.1. The standard InChI is InChI=1S/C16H25NO4/c1-16(2)20-10-13(11-21-16)17-8-7-12-5-6-14(18-3)15(9-12)19-4/h5-6,9,13,17H,7-8,10-11H2,1-4H3. The van der Waals surface area contributed by atoms with Crippen LogP contribution < -0.4 is 14.8 Å². The molecule has 0 bridgehead atoms. The van der Waals surface area contributed by atoms with E-state index in [-0.39, 0.29) is 6.04 Å². The molecule has 0 aliphatic carbocycles. The van der Waals surface area contributed by atoms with Gasteiger partial charge < -0.3 is 24.3 Å². The first kappa shape index (κ1) is 16.1. The van der Waals surface area contributed by atoms with Gasteiger partial charge in [0.1, 0.15) is 0 Å². The molecular weight excluding hydrogens is 270 g/mol. The molecule has 0 radical (unpaired) electrons. The maximum absolute atomic E-state index is 5.63. The molecular formula is C16H25NO4. The molecule has 21 heavy (non-hydrogen) atoms. The number of ether oxygens (including phenoxy) is 4. The summed E-state index contributed by atoms with van der Waals surface area (Å²) in [6.45, 7) is 6.10. The van der Waals surface area contributed by atoms with E-state index in [1.807, 2.05) is 26.0 Å². The predicted molar refractivity (Wildman–Crippen MR) is 81.0 cm³/mol. The summed E-state index contributed by atoms with van der Waals surface area (Å²) in [6.07, 6.45) is 0.917. The molecule has 1 aromatic carbocycles. The number of hydrogen-bond donors (Lipinski definition) is 1. The van der Waals surface area contributed by atoms with Gasteiger partial charge in [0.05, 0.1) is 33.5 Å². The average molecular weight is 295 g/mol. The van der Waals surface area contributed by atoms with Crippen LogP contribution >= 0.6 is 0 Å². The molecule has 1 aromatic rings. The second-order valence-corrected chi connectivity index (χ2v) is 5.61. The Hall–Kier alpha value is -1.30. The van der Waals surface area contributed by atoms with Gasteiger partial charge in [0.2, 0.25) is 0 Å². The Labute approximate surface area is 126 Å². The highest BCUT2D eigenvalue weighted by molar-refractivity contribution is 5.42. The zero-order valence-electron chi connectivity index (χ0n) is 13.3. The summed E-state index contributed by atoms with van der Waals surface area (Å²) in [5.41, 5.74) is 1.21. The fourth-order valence-electron chi connectivity index (χ4n) is 2.27. The maximum Gasteiger partial charge on any atom is 0.162 e. The van der Waals surface area contributed by atoms with Gasteiger partial charge in [-0.15, -0.1) is 0 Å². The van der Waals surface area contributed by atoms with Crippen LogP contribution in [0.5, 0.6) is 11.5 Å². The van der Waals surface area contributed by atoms with Crippen LogP contribution in [-0.4, -0.2) is 45.8 Å². The highest BCUT2D eigenvalue weighted by Crippen LogP contribution is 2.27. The van der Waals surface area contributed by atoms with Crippen molar-refractivity contribution in [2.24, 2.45) is 0 Å². The Balaban J connectivity index is 1.79. The molecule has 1 heterocycles. The normalized spacial score (nSPS) is 18.5. The van der Waals surface area contributed by atoms with E-state index in [0.717, 1.165) is 24.5 Å². The second kappa shape index (κ2) is 7.11. The van der Waals surface area contributed by atoms with E-state index in [0.29, 0.717) is 13.2 Å². The lowest BCUT2D eigenvalue weighted by molar-refractivity contribution is -0.252. The van der Waals surface area contributed by atoms with Crippen molar-refractivity contribution in [2.45, 2.75) is 32.1 Å². The van der Waals surface area contributed by atoms with Gasteiger partial charge >= 0.3 is 0 Å². The molecule has 0 aromatic heterocycles. The summed E-state index contributed by atoms with van der Waals surface area (Å²) in [6, 6.07) is 6.25. The van der Waals surface area contributed by atoms with Gasteiger partial charge in [-0.3, -0.25) is 0 Å². The molecule has 1 aliphatic rings. The number of nitrogens with one attached hydrogen (secondary N) is 1. The monoisotopic (exact) mass is 295 g/mol. The van der Waals surface area contributed by atoms with Crippen molar-refractivity contribution in [1.29, 1.82) is 0 Å². The molecule has 0 atom stereocenters. The quantitative estimate of drug-likeness (QED) is 0.870. The van der Waals surface area contributed by atoms with Crippen LogP contribution in [0.3, 0.4) is 0 Å². The van der Waals surface area contributed by atoms with E-state index in [1.165, 1.54) is 5.56 Å². The minimum atomic E-state index is -0.457. The van der Waals surface area contributed by atoms with Crippen molar-refractivity contribution in [1.82, 2.24) is 5.32 Å². The van der Waals surface area contributed by atoms with Gasteiger partial charge in [0.15, 0.2) is 17.3 Å². The number of benzene rings is 1. The van der Waals surface area contributed by atoms with Crippen LogP contribution in [0.15, 0.2) is 18.2 Å². The number of methoxy groups -OCH3 is 2. The van der Waals surface area contributed by atoms with Crippen molar-refractivity contribution >= 4 is 0 Å². The summed E-state index contributed by atoms with van der Waals surface area (Å²) >= 11 is 0. The molecule has 1 fully saturated rings. The fraction of sp³-hybridized carbons (Fsp3) is 0.625. The third-order valence-electron chi connectivity index (χ3n) is 3.56. The van der Waals surface area contributed by atoms with E-state index in [9.17, 15) is 0 Å². The van der Waals surface area contributed by atoms with Crippen LogP contribution in [0.1, 0.15) is 19.4 Å². The van der Waals surface area contributed by atoms with Gasteiger partial charge in [-0.2, -0.15) is 0 Å². The van der Waals surface area contributed by atoms with E-state index in [2.05, 4.69) is 11.4 Å². The van der Waals surface area contributed by atoms with E-state index < -0.39 is 5.79 Å². The molecule has 0 spiro atoms. The van der Waals surface area contributed by atoms with Crippen molar-refractivity contribution in [2.75, 3.05) is 34.0 Å². The third-order valence-corrected chi connectivity index (χ3v) is 3.56. The zero-order chi connectivity index (χ0) is 15.3. The molecule has 2 rings (SSSR count). The molecule has 1 saturated heterocycles. The Morgan fingerprint density at radius 2 is 1.81 bits per heavy atom. The smallest absolute Gasteiger partial charge is 0.162 e. The predicted octanol–water partition coefficient (Wildman–Crippen LogP) is 1.99. The first-order valence-corrected chi connectivity index (χ1v) is 7.26. The van der Waals surface area contributed by atoms with Crippen LogP contribution in [0.4, 0.5) is 0 Å². The third kappa shape index (κ3) is 4.59. The Morgan fingerprint density at radius 1 is 1.14 bits per heavy atom. The van der Waals surface area contributed by atoms with Gasteiger partial charge in [-0.1, -0.05) is 6.07 Å². The number of rotatable bonds is 6. The highest BCUT2D eigenvalue weighted by Gasteiger charge is 2.27. The average Bonchev–Trinajstić information content (AvgIpc) is 2.48. The van der Waals surface area contributed by atoms with E-state index in [4.69, 9.17) is 18.9 Å². The summed E-state index contributed by atoms with van der Waals surface area (Å²) in [5.74, 6) is 1.06. The topological polar surface area (TPSA) is 49.0 Å². The van der Waals surface area contributed by atoms with Crippen molar-refractivity contribution in [3.05, 3.63) is 23.8 Å². The minimum Gasteiger partial charge on any atom is -0.493 e. The number of hydrogen-bond acceptors (Lipinski definition) is 5. The SMILES string of the molecule is COc1ccc(CCNC2COC(C)(C)OC2)cc1OC. The zero-order valence-corrected chi connectivity index (χ0v) is 13.3. The first-order chi connectivity index (χ1) is 10.0. The van der Waals surface area contributed by atoms with Crippen molar-refractivity contribution in [3.8, 4) is 11.5 Å². The second-order valence-electron chi connectivity index (χ2n) is 5.61. The van der Waals surface area contributed by atoms with Crippen molar-refractivity contribution < 1.29 is 18.9 Å². The lowest BCUT2D eigenvalue weighted by Gasteiger charge is -2.35. The Bertz CT molecular complexity index is 452. The minimum absolute atomic E-state index is 0.248. The Morgan fingerprint density at radius 3 is 2.43 bits per heavy atom. The van der Waals surface area contributed by atoms with Crippen LogP contribution in [-0.2, 0) is 15.9 Å². The molecule has 118 valence electrons. The largest absolute Gasteiger partial charge is 0.493 e. The molecule has 5 heteroatoms. The molecule has 1 N–H and O–H groups in total. The van der Waals surface area contributed by atoms with Gasteiger partial charge in [-0.25, -0.2) is 0 Å². The summed E-state index contributed by atoms with van der Waals surface area (Å²) in [4.78, 5) is 0. The molecule has 1 aliphatic heterocycles. The highest BCUT2D eigenvalue weighted by atomic mass is 16.7. The van der Waals surface area contributed by atoms with Gasteiger partial charge in [0.25, 0.3) is 0 Å². The van der Waals surface area contributed by atoms with Gasteiger partial charge in [-0.05, 0) is 44.5 Å². The molecule has 0 saturated carbocycles. The summed E-state index contributed by atoms with van der Waals surface area (Å²) < 4.78 is 21.8. The fourth-order valence-corrected chi connectivity index (χ4v) is 2.27. The molecule has 5 nitrogen and oxygen atoms in total. The maximum atomic E-state index is 5.63. The lowest BCUT2D eigenvalue weighted by Crippen LogP contribution is -2.48. The molecule has 0 amide bonds. The Kier molecular flexibility index (Phi) is 5.45.